The van der Waals surface area contributed by atoms with Crippen molar-refractivity contribution in [1.82, 2.24) is 5.32 Å². The van der Waals surface area contributed by atoms with Gasteiger partial charge < -0.3 is 11.1 Å². The van der Waals surface area contributed by atoms with Crippen molar-refractivity contribution in [2.45, 2.75) is 25.4 Å². The van der Waals surface area contributed by atoms with Crippen LogP contribution >= 0.6 is 15.9 Å². The molecule has 1 aliphatic rings. The summed E-state index contributed by atoms with van der Waals surface area (Å²) in [5, 5.41) is 3.48. The molecule has 1 aliphatic carbocycles. The SMILES string of the molecule is NC1CC(CNCc2ccccc2Br)C1. The van der Waals surface area contributed by atoms with Crippen LogP contribution in [0.1, 0.15) is 18.4 Å². The van der Waals surface area contributed by atoms with Crippen LogP contribution in [0.3, 0.4) is 0 Å². The fourth-order valence-corrected chi connectivity index (χ4v) is 2.43. The number of hydrogen-bond donors (Lipinski definition) is 2. The molecule has 0 unspecified atom stereocenters. The summed E-state index contributed by atoms with van der Waals surface area (Å²) < 4.78 is 1.18. The predicted octanol–water partition coefficient (Wildman–Crippen LogP) is 2.28. The molecule has 1 aromatic rings. The van der Waals surface area contributed by atoms with E-state index in [4.69, 9.17) is 5.73 Å². The molecular weight excluding hydrogens is 252 g/mol. The van der Waals surface area contributed by atoms with Gasteiger partial charge in [-0.3, -0.25) is 0 Å². The molecule has 82 valence electrons. The first-order chi connectivity index (χ1) is 7.25. The highest BCUT2D eigenvalue weighted by Gasteiger charge is 2.24. The van der Waals surface area contributed by atoms with Crippen LogP contribution in [-0.4, -0.2) is 12.6 Å². The Morgan fingerprint density at radius 2 is 2.07 bits per heavy atom. The van der Waals surface area contributed by atoms with E-state index in [-0.39, 0.29) is 0 Å². The molecule has 0 atom stereocenters. The fourth-order valence-electron chi connectivity index (χ4n) is 2.01. The summed E-state index contributed by atoms with van der Waals surface area (Å²) in [6.07, 6.45) is 2.37. The second kappa shape index (κ2) is 5.10. The Labute approximate surface area is 99.4 Å². The summed E-state index contributed by atoms with van der Waals surface area (Å²) in [7, 11) is 0. The maximum absolute atomic E-state index is 5.74. The lowest BCUT2D eigenvalue weighted by Gasteiger charge is -2.32. The highest BCUT2D eigenvalue weighted by molar-refractivity contribution is 9.10. The minimum Gasteiger partial charge on any atom is -0.328 e. The minimum atomic E-state index is 0.459. The van der Waals surface area contributed by atoms with Crippen molar-refractivity contribution in [3.8, 4) is 0 Å². The van der Waals surface area contributed by atoms with E-state index in [2.05, 4.69) is 39.4 Å². The molecule has 1 saturated carbocycles. The molecule has 0 aromatic heterocycles. The molecule has 2 nitrogen and oxygen atoms in total. The van der Waals surface area contributed by atoms with E-state index in [1.54, 1.807) is 0 Å². The van der Waals surface area contributed by atoms with E-state index in [1.165, 1.54) is 22.9 Å². The van der Waals surface area contributed by atoms with Gasteiger partial charge in [0.25, 0.3) is 0 Å². The van der Waals surface area contributed by atoms with Crippen LogP contribution in [0.4, 0.5) is 0 Å². The zero-order chi connectivity index (χ0) is 10.7. The van der Waals surface area contributed by atoms with Gasteiger partial charge in [0.2, 0.25) is 0 Å². The van der Waals surface area contributed by atoms with Crippen LogP contribution < -0.4 is 11.1 Å². The number of halogens is 1. The van der Waals surface area contributed by atoms with Gasteiger partial charge in [0.1, 0.15) is 0 Å². The Morgan fingerprint density at radius 1 is 1.33 bits per heavy atom. The van der Waals surface area contributed by atoms with E-state index in [0.29, 0.717) is 6.04 Å². The third kappa shape index (κ3) is 3.03. The molecule has 0 heterocycles. The molecule has 3 N–H and O–H groups in total. The van der Waals surface area contributed by atoms with Gasteiger partial charge in [-0.25, -0.2) is 0 Å². The van der Waals surface area contributed by atoms with Gasteiger partial charge in [-0.2, -0.15) is 0 Å². The largest absolute Gasteiger partial charge is 0.328 e. The lowest BCUT2D eigenvalue weighted by Crippen LogP contribution is -2.41. The Balaban J connectivity index is 1.72. The van der Waals surface area contributed by atoms with Crippen molar-refractivity contribution in [3.63, 3.8) is 0 Å². The number of nitrogens with two attached hydrogens (primary N) is 1. The van der Waals surface area contributed by atoms with Crippen LogP contribution in [0.5, 0.6) is 0 Å². The maximum atomic E-state index is 5.74. The Kier molecular flexibility index (Phi) is 3.78. The summed E-state index contributed by atoms with van der Waals surface area (Å²) in [4.78, 5) is 0. The smallest absolute Gasteiger partial charge is 0.0220 e. The molecule has 0 aliphatic heterocycles. The van der Waals surface area contributed by atoms with Crippen molar-refractivity contribution in [1.29, 1.82) is 0 Å². The maximum Gasteiger partial charge on any atom is 0.0220 e. The quantitative estimate of drug-likeness (QED) is 0.880. The van der Waals surface area contributed by atoms with Gasteiger partial charge in [0.15, 0.2) is 0 Å². The molecule has 1 aromatic carbocycles. The topological polar surface area (TPSA) is 38.0 Å². The van der Waals surface area contributed by atoms with Crippen LogP contribution in [0.2, 0.25) is 0 Å². The van der Waals surface area contributed by atoms with Crippen molar-refractivity contribution < 1.29 is 0 Å². The minimum absolute atomic E-state index is 0.459. The summed E-state index contributed by atoms with van der Waals surface area (Å²) in [5.41, 5.74) is 7.06. The average molecular weight is 269 g/mol. The fraction of sp³-hybridized carbons (Fsp3) is 0.500. The van der Waals surface area contributed by atoms with Crippen molar-refractivity contribution >= 4 is 15.9 Å². The summed E-state index contributed by atoms with van der Waals surface area (Å²) in [6.45, 7) is 2.03. The summed E-state index contributed by atoms with van der Waals surface area (Å²) in [5.74, 6) is 0.794. The molecule has 1 fully saturated rings. The van der Waals surface area contributed by atoms with Crippen LogP contribution in [-0.2, 0) is 6.54 Å². The van der Waals surface area contributed by atoms with Crippen LogP contribution in [0, 0.1) is 5.92 Å². The number of benzene rings is 1. The molecule has 0 spiro atoms. The average Bonchev–Trinajstić information content (AvgIpc) is 2.18. The van der Waals surface area contributed by atoms with Crippen LogP contribution in [0.15, 0.2) is 28.7 Å². The molecule has 3 heteroatoms. The van der Waals surface area contributed by atoms with E-state index >= 15 is 0 Å². The van der Waals surface area contributed by atoms with Gasteiger partial charge in [0.05, 0.1) is 0 Å². The van der Waals surface area contributed by atoms with E-state index in [0.717, 1.165) is 19.0 Å². The van der Waals surface area contributed by atoms with E-state index in [1.807, 2.05) is 6.07 Å². The van der Waals surface area contributed by atoms with Gasteiger partial charge in [0, 0.05) is 17.1 Å². The van der Waals surface area contributed by atoms with Gasteiger partial charge in [-0.05, 0) is 36.9 Å². The molecule has 0 amide bonds. The molecule has 15 heavy (non-hydrogen) atoms. The molecule has 0 saturated heterocycles. The third-order valence-electron chi connectivity index (χ3n) is 2.98. The zero-order valence-corrected chi connectivity index (χ0v) is 10.3. The standard InChI is InChI=1S/C12H17BrN2/c13-12-4-2-1-3-10(12)8-15-7-9-5-11(14)6-9/h1-4,9,11,15H,5-8,14H2. The first-order valence-electron chi connectivity index (χ1n) is 5.45. The number of nitrogens with one attached hydrogen (secondary N) is 1. The highest BCUT2D eigenvalue weighted by atomic mass is 79.9. The van der Waals surface area contributed by atoms with Gasteiger partial charge >= 0.3 is 0 Å². The first-order valence-corrected chi connectivity index (χ1v) is 6.24. The Hall–Kier alpha value is -0.380. The Bertz CT molecular complexity index is 321. The first kappa shape index (κ1) is 11.1. The van der Waals surface area contributed by atoms with Gasteiger partial charge in [-0.1, -0.05) is 34.1 Å². The van der Waals surface area contributed by atoms with Crippen molar-refractivity contribution in [3.05, 3.63) is 34.3 Å². The molecule has 0 radical (unpaired) electrons. The third-order valence-corrected chi connectivity index (χ3v) is 3.75. The molecule has 2 rings (SSSR count). The van der Waals surface area contributed by atoms with Crippen LogP contribution in [0.25, 0.3) is 0 Å². The predicted molar refractivity (Wildman–Crippen MR) is 66.5 cm³/mol. The second-order valence-electron chi connectivity index (χ2n) is 4.32. The lowest BCUT2D eigenvalue weighted by molar-refractivity contribution is 0.256. The second-order valence-corrected chi connectivity index (χ2v) is 5.17. The number of rotatable bonds is 4. The summed E-state index contributed by atoms with van der Waals surface area (Å²) in [6, 6.07) is 8.79. The normalized spacial score (nSPS) is 24.9. The van der Waals surface area contributed by atoms with E-state index in [9.17, 15) is 0 Å². The van der Waals surface area contributed by atoms with E-state index < -0.39 is 0 Å². The Morgan fingerprint density at radius 3 is 2.73 bits per heavy atom. The summed E-state index contributed by atoms with van der Waals surface area (Å²) >= 11 is 3.54. The lowest BCUT2D eigenvalue weighted by atomic mass is 9.81. The molecular formula is C12H17BrN2. The molecule has 0 bridgehead atoms. The van der Waals surface area contributed by atoms with Crippen molar-refractivity contribution in [2.75, 3.05) is 6.54 Å². The number of hydrogen-bond acceptors (Lipinski definition) is 2. The van der Waals surface area contributed by atoms with Gasteiger partial charge in [-0.15, -0.1) is 0 Å². The highest BCUT2D eigenvalue weighted by Crippen LogP contribution is 2.24. The van der Waals surface area contributed by atoms with Crippen molar-refractivity contribution in [2.24, 2.45) is 11.7 Å². The monoisotopic (exact) mass is 268 g/mol. The zero-order valence-electron chi connectivity index (χ0n) is 8.75.